The second-order valence-corrected chi connectivity index (χ2v) is 3.41. The second-order valence-electron chi connectivity index (χ2n) is 3.41. The molecule has 0 unspecified atom stereocenters. The number of para-hydroxylation sites is 1. The molecule has 0 bridgehead atoms. The van der Waals surface area contributed by atoms with Gasteiger partial charge in [0.1, 0.15) is 17.3 Å². The summed E-state index contributed by atoms with van der Waals surface area (Å²) in [5.74, 6) is -1.35. The first-order valence-corrected chi connectivity index (χ1v) is 4.92. The maximum absolute atomic E-state index is 13.4. The normalized spacial score (nSPS) is 9.71. The van der Waals surface area contributed by atoms with Gasteiger partial charge >= 0.3 is 0 Å². The predicted octanol–water partition coefficient (Wildman–Crippen LogP) is 3.58. The van der Waals surface area contributed by atoms with Crippen molar-refractivity contribution in [3.8, 4) is 6.07 Å². The van der Waals surface area contributed by atoms with Gasteiger partial charge in [0.25, 0.3) is 0 Å². The van der Waals surface area contributed by atoms with Gasteiger partial charge in [-0.25, -0.2) is 8.78 Å². The van der Waals surface area contributed by atoms with E-state index in [0.29, 0.717) is 11.3 Å². The van der Waals surface area contributed by atoms with E-state index in [1.165, 1.54) is 24.3 Å². The molecular weight excluding hydrogens is 222 g/mol. The molecule has 0 aliphatic rings. The third kappa shape index (κ3) is 2.40. The minimum Gasteiger partial charge on any atom is -0.351 e. The zero-order chi connectivity index (χ0) is 12.3. The number of halogens is 2. The molecule has 0 saturated carbocycles. The largest absolute Gasteiger partial charge is 0.351 e. The number of hydrogen-bond donors (Lipinski definition) is 1. The van der Waals surface area contributed by atoms with Gasteiger partial charge in [-0.3, -0.25) is 0 Å². The van der Waals surface area contributed by atoms with Gasteiger partial charge in [0.05, 0.1) is 11.6 Å². The lowest BCUT2D eigenvalue weighted by Crippen LogP contribution is -1.97. The zero-order valence-corrected chi connectivity index (χ0v) is 8.74. The summed E-state index contributed by atoms with van der Waals surface area (Å²) in [7, 11) is 0. The van der Waals surface area contributed by atoms with Crippen molar-refractivity contribution < 1.29 is 8.78 Å². The fraction of sp³-hybridized carbons (Fsp3) is 0. The first-order chi connectivity index (χ1) is 8.20. The SMILES string of the molecule is N#Cc1cccc(Nc2c(F)cccc2F)c1. The smallest absolute Gasteiger partial charge is 0.149 e. The number of rotatable bonds is 2. The van der Waals surface area contributed by atoms with Crippen LogP contribution in [-0.4, -0.2) is 0 Å². The number of hydrogen-bond acceptors (Lipinski definition) is 2. The molecule has 1 N–H and O–H groups in total. The monoisotopic (exact) mass is 230 g/mol. The number of nitrogens with one attached hydrogen (secondary N) is 1. The van der Waals surface area contributed by atoms with Crippen LogP contribution in [-0.2, 0) is 0 Å². The first kappa shape index (κ1) is 11.1. The molecule has 2 aromatic rings. The first-order valence-electron chi connectivity index (χ1n) is 4.92. The average Bonchev–Trinajstić information content (AvgIpc) is 2.34. The van der Waals surface area contributed by atoms with Crippen molar-refractivity contribution in [1.82, 2.24) is 0 Å². The summed E-state index contributed by atoms with van der Waals surface area (Å²) in [5.41, 5.74) is 0.669. The molecular formula is C13H8F2N2. The maximum Gasteiger partial charge on any atom is 0.149 e. The van der Waals surface area contributed by atoms with Crippen molar-refractivity contribution in [2.45, 2.75) is 0 Å². The van der Waals surface area contributed by atoms with Gasteiger partial charge < -0.3 is 5.32 Å². The highest BCUT2D eigenvalue weighted by molar-refractivity contribution is 5.62. The van der Waals surface area contributed by atoms with Crippen LogP contribution >= 0.6 is 0 Å². The number of nitriles is 1. The van der Waals surface area contributed by atoms with E-state index in [9.17, 15) is 8.78 Å². The summed E-state index contributed by atoms with van der Waals surface area (Å²) in [6, 6.07) is 12.0. The van der Waals surface area contributed by atoms with Crippen molar-refractivity contribution in [1.29, 1.82) is 5.26 Å². The van der Waals surface area contributed by atoms with Crippen LogP contribution in [0.5, 0.6) is 0 Å². The summed E-state index contributed by atoms with van der Waals surface area (Å²) in [4.78, 5) is 0. The number of anilines is 2. The molecule has 0 aromatic heterocycles. The van der Waals surface area contributed by atoms with Crippen LogP contribution in [0.4, 0.5) is 20.2 Å². The van der Waals surface area contributed by atoms with Crippen molar-refractivity contribution >= 4 is 11.4 Å². The summed E-state index contributed by atoms with van der Waals surface area (Å²) >= 11 is 0. The Balaban J connectivity index is 2.35. The Morgan fingerprint density at radius 1 is 1.00 bits per heavy atom. The molecule has 2 nitrogen and oxygen atoms in total. The van der Waals surface area contributed by atoms with Gasteiger partial charge in [-0.05, 0) is 30.3 Å². The van der Waals surface area contributed by atoms with Crippen LogP contribution in [0.2, 0.25) is 0 Å². The lowest BCUT2D eigenvalue weighted by molar-refractivity contribution is 0.591. The highest BCUT2D eigenvalue weighted by atomic mass is 19.1. The van der Waals surface area contributed by atoms with Gasteiger partial charge in [0.15, 0.2) is 0 Å². The average molecular weight is 230 g/mol. The number of benzene rings is 2. The molecule has 84 valence electrons. The van der Waals surface area contributed by atoms with Gasteiger partial charge in [0, 0.05) is 5.69 Å². The highest BCUT2D eigenvalue weighted by Crippen LogP contribution is 2.23. The molecule has 0 aliphatic heterocycles. The Morgan fingerprint density at radius 3 is 2.29 bits per heavy atom. The fourth-order valence-corrected chi connectivity index (χ4v) is 1.43. The Hall–Kier alpha value is -2.41. The van der Waals surface area contributed by atoms with Crippen molar-refractivity contribution in [3.63, 3.8) is 0 Å². The topological polar surface area (TPSA) is 35.8 Å². The van der Waals surface area contributed by atoms with E-state index < -0.39 is 11.6 Å². The van der Waals surface area contributed by atoms with E-state index in [1.807, 2.05) is 6.07 Å². The Morgan fingerprint density at radius 2 is 1.65 bits per heavy atom. The summed E-state index contributed by atoms with van der Waals surface area (Å²) in [6.45, 7) is 0. The van der Waals surface area contributed by atoms with Crippen LogP contribution in [0.1, 0.15) is 5.56 Å². The Bertz CT molecular complexity index is 568. The second kappa shape index (κ2) is 4.62. The van der Waals surface area contributed by atoms with Crippen LogP contribution < -0.4 is 5.32 Å². The third-order valence-electron chi connectivity index (χ3n) is 2.22. The standard InChI is InChI=1S/C13H8F2N2/c14-11-5-2-6-12(15)13(11)17-10-4-1-3-9(7-10)8-16/h1-7,17H. The molecule has 0 atom stereocenters. The van der Waals surface area contributed by atoms with Gasteiger partial charge in [-0.2, -0.15) is 5.26 Å². The lowest BCUT2D eigenvalue weighted by Gasteiger charge is -2.08. The Labute approximate surface area is 97.1 Å². The lowest BCUT2D eigenvalue weighted by atomic mass is 10.2. The molecule has 2 rings (SSSR count). The molecule has 0 heterocycles. The van der Waals surface area contributed by atoms with Crippen LogP contribution in [0.3, 0.4) is 0 Å². The van der Waals surface area contributed by atoms with Crippen molar-refractivity contribution in [2.24, 2.45) is 0 Å². The summed E-state index contributed by atoms with van der Waals surface area (Å²) in [5, 5.41) is 11.3. The summed E-state index contributed by atoms with van der Waals surface area (Å²) < 4.78 is 26.7. The summed E-state index contributed by atoms with van der Waals surface area (Å²) in [6.07, 6.45) is 0. The van der Waals surface area contributed by atoms with Crippen LogP contribution in [0.15, 0.2) is 42.5 Å². The van der Waals surface area contributed by atoms with Crippen LogP contribution in [0.25, 0.3) is 0 Å². The van der Waals surface area contributed by atoms with Crippen LogP contribution in [0, 0.1) is 23.0 Å². The predicted molar refractivity (Wildman–Crippen MR) is 60.8 cm³/mol. The molecule has 0 aliphatic carbocycles. The minimum atomic E-state index is -0.674. The number of nitrogens with zero attached hydrogens (tertiary/aromatic N) is 1. The molecule has 0 amide bonds. The van der Waals surface area contributed by atoms with E-state index >= 15 is 0 Å². The van der Waals surface area contributed by atoms with E-state index in [-0.39, 0.29) is 5.69 Å². The van der Waals surface area contributed by atoms with Gasteiger partial charge in [-0.15, -0.1) is 0 Å². The van der Waals surface area contributed by atoms with E-state index in [2.05, 4.69) is 5.32 Å². The van der Waals surface area contributed by atoms with E-state index in [1.54, 1.807) is 18.2 Å². The molecule has 17 heavy (non-hydrogen) atoms. The van der Waals surface area contributed by atoms with E-state index in [4.69, 9.17) is 5.26 Å². The molecule has 2 aromatic carbocycles. The molecule has 0 fully saturated rings. The Kier molecular flexibility index (Phi) is 3.01. The van der Waals surface area contributed by atoms with Crippen molar-refractivity contribution in [2.75, 3.05) is 5.32 Å². The zero-order valence-electron chi connectivity index (χ0n) is 8.74. The van der Waals surface area contributed by atoms with Gasteiger partial charge in [0.2, 0.25) is 0 Å². The minimum absolute atomic E-state index is 0.220. The quantitative estimate of drug-likeness (QED) is 0.855. The molecule has 0 saturated heterocycles. The molecule has 0 spiro atoms. The third-order valence-corrected chi connectivity index (χ3v) is 2.22. The van der Waals surface area contributed by atoms with Gasteiger partial charge in [-0.1, -0.05) is 12.1 Å². The maximum atomic E-state index is 13.4. The van der Waals surface area contributed by atoms with E-state index in [0.717, 1.165) is 0 Å². The van der Waals surface area contributed by atoms with Crippen molar-refractivity contribution in [3.05, 3.63) is 59.7 Å². The fourth-order valence-electron chi connectivity index (χ4n) is 1.43. The molecule has 4 heteroatoms. The molecule has 0 radical (unpaired) electrons. The highest BCUT2D eigenvalue weighted by Gasteiger charge is 2.08.